The van der Waals surface area contributed by atoms with Crippen molar-refractivity contribution in [2.45, 2.75) is 25.8 Å². The smallest absolute Gasteiger partial charge is 0.358 e. The van der Waals surface area contributed by atoms with E-state index >= 15 is 0 Å². The number of furan rings is 1. The van der Waals surface area contributed by atoms with Gasteiger partial charge in [-0.25, -0.2) is 14.8 Å². The van der Waals surface area contributed by atoms with Gasteiger partial charge >= 0.3 is 5.97 Å². The molecule has 0 spiro atoms. The molecule has 20 heavy (non-hydrogen) atoms. The number of ether oxygens (including phenoxy) is 1. The second kappa shape index (κ2) is 6.70. The van der Waals surface area contributed by atoms with E-state index in [2.05, 4.69) is 26.9 Å². The Bertz CT molecular complexity index is 537. The average Bonchev–Trinajstić information content (AvgIpc) is 2.98. The van der Waals surface area contributed by atoms with Gasteiger partial charge < -0.3 is 14.5 Å². The van der Waals surface area contributed by atoms with Crippen molar-refractivity contribution in [3.8, 4) is 0 Å². The maximum Gasteiger partial charge on any atom is 0.358 e. The van der Waals surface area contributed by atoms with Crippen molar-refractivity contribution in [2.75, 3.05) is 12.4 Å². The van der Waals surface area contributed by atoms with Crippen molar-refractivity contribution in [3.63, 3.8) is 0 Å². The Morgan fingerprint density at radius 1 is 1.45 bits per heavy atom. The molecule has 106 valence electrons. The number of hydrogen-bond donors (Lipinski definition) is 1. The number of methoxy groups -OCH3 is 1. The summed E-state index contributed by atoms with van der Waals surface area (Å²) in [5, 5.41) is 3.22. The van der Waals surface area contributed by atoms with Crippen molar-refractivity contribution < 1.29 is 13.9 Å². The van der Waals surface area contributed by atoms with Crippen molar-refractivity contribution in [3.05, 3.63) is 42.2 Å². The Morgan fingerprint density at radius 3 is 2.90 bits per heavy atom. The van der Waals surface area contributed by atoms with Gasteiger partial charge in [0.1, 0.15) is 11.6 Å². The van der Waals surface area contributed by atoms with Crippen LogP contribution in [0, 0.1) is 0 Å². The van der Waals surface area contributed by atoms with E-state index in [-0.39, 0.29) is 11.7 Å². The molecule has 6 heteroatoms. The highest BCUT2D eigenvalue weighted by molar-refractivity contribution is 5.86. The lowest BCUT2D eigenvalue weighted by Crippen LogP contribution is -2.17. The van der Waals surface area contributed by atoms with E-state index in [9.17, 15) is 4.79 Å². The van der Waals surface area contributed by atoms with Crippen LogP contribution in [0.4, 0.5) is 5.82 Å². The molecule has 1 atom stereocenters. The molecule has 2 heterocycles. The predicted molar refractivity (Wildman–Crippen MR) is 73.5 cm³/mol. The number of rotatable bonds is 6. The second-order valence-corrected chi connectivity index (χ2v) is 4.44. The summed E-state index contributed by atoms with van der Waals surface area (Å²) in [4.78, 5) is 19.4. The van der Waals surface area contributed by atoms with E-state index in [0.717, 1.165) is 18.6 Å². The van der Waals surface area contributed by atoms with Crippen LogP contribution in [0.3, 0.4) is 0 Å². The summed E-state index contributed by atoms with van der Waals surface area (Å²) in [6.07, 6.45) is 6.36. The topological polar surface area (TPSA) is 77.2 Å². The zero-order valence-corrected chi connectivity index (χ0v) is 11.5. The summed E-state index contributed by atoms with van der Waals surface area (Å²) in [5.74, 6) is 1.10. The molecule has 2 rings (SSSR count). The van der Waals surface area contributed by atoms with Gasteiger partial charge in [-0.2, -0.15) is 0 Å². The number of anilines is 1. The molecule has 1 N–H and O–H groups in total. The molecule has 0 saturated carbocycles. The maximum atomic E-state index is 11.2. The second-order valence-electron chi connectivity index (χ2n) is 4.44. The molecule has 0 fully saturated rings. The van der Waals surface area contributed by atoms with Gasteiger partial charge in [0.05, 0.1) is 25.8 Å². The summed E-state index contributed by atoms with van der Waals surface area (Å²) in [7, 11) is 1.31. The largest absolute Gasteiger partial charge is 0.469 e. The van der Waals surface area contributed by atoms with Gasteiger partial charge in [-0.05, 0) is 25.5 Å². The van der Waals surface area contributed by atoms with Crippen LogP contribution in [0.25, 0.3) is 0 Å². The molecule has 0 bridgehead atoms. The summed E-state index contributed by atoms with van der Waals surface area (Å²) in [6, 6.07) is 4.06. The van der Waals surface area contributed by atoms with Crippen LogP contribution in [0.15, 0.2) is 35.2 Å². The Hall–Kier alpha value is -2.37. The molecule has 0 aliphatic carbocycles. The summed E-state index contributed by atoms with van der Waals surface area (Å²) < 4.78 is 9.85. The zero-order valence-electron chi connectivity index (χ0n) is 11.5. The predicted octanol–water partition coefficient (Wildman–Crippen LogP) is 2.29. The number of carbonyl (C=O) groups excluding carboxylic acids is 1. The Labute approximate surface area is 117 Å². The van der Waals surface area contributed by atoms with Crippen molar-refractivity contribution >= 4 is 11.8 Å². The van der Waals surface area contributed by atoms with Crippen LogP contribution in [0.5, 0.6) is 0 Å². The van der Waals surface area contributed by atoms with E-state index < -0.39 is 5.97 Å². The van der Waals surface area contributed by atoms with Crippen LogP contribution < -0.4 is 5.32 Å². The Balaban J connectivity index is 1.84. The molecule has 0 aliphatic rings. The number of aryl methyl sites for hydroxylation is 1. The van der Waals surface area contributed by atoms with Crippen LogP contribution in [0.1, 0.15) is 29.6 Å². The molecule has 6 nitrogen and oxygen atoms in total. The lowest BCUT2D eigenvalue weighted by Gasteiger charge is -2.13. The Kier molecular flexibility index (Phi) is 4.70. The fraction of sp³-hybridized carbons (Fsp3) is 0.357. The fourth-order valence-corrected chi connectivity index (χ4v) is 1.75. The number of esters is 1. The highest BCUT2D eigenvalue weighted by Gasteiger charge is 2.09. The number of aromatic nitrogens is 2. The minimum atomic E-state index is -0.491. The number of hydrogen-bond acceptors (Lipinski definition) is 6. The maximum absolute atomic E-state index is 11.2. The van der Waals surface area contributed by atoms with Crippen molar-refractivity contribution in [1.82, 2.24) is 9.97 Å². The molecule has 0 amide bonds. The van der Waals surface area contributed by atoms with Gasteiger partial charge in [0.15, 0.2) is 5.69 Å². The van der Waals surface area contributed by atoms with E-state index in [1.807, 2.05) is 12.1 Å². The first-order valence-corrected chi connectivity index (χ1v) is 6.38. The number of carbonyl (C=O) groups is 1. The van der Waals surface area contributed by atoms with E-state index in [0.29, 0.717) is 5.82 Å². The molecule has 2 aromatic heterocycles. The highest BCUT2D eigenvalue weighted by atomic mass is 16.5. The monoisotopic (exact) mass is 275 g/mol. The van der Waals surface area contributed by atoms with E-state index in [4.69, 9.17) is 4.42 Å². The van der Waals surface area contributed by atoms with Gasteiger partial charge in [0, 0.05) is 12.5 Å². The van der Waals surface area contributed by atoms with Crippen LogP contribution in [0.2, 0.25) is 0 Å². The van der Waals surface area contributed by atoms with Crippen molar-refractivity contribution in [2.24, 2.45) is 0 Å². The zero-order chi connectivity index (χ0) is 14.4. The van der Waals surface area contributed by atoms with E-state index in [1.165, 1.54) is 19.5 Å². The summed E-state index contributed by atoms with van der Waals surface area (Å²) >= 11 is 0. The quantitative estimate of drug-likeness (QED) is 0.815. The summed E-state index contributed by atoms with van der Waals surface area (Å²) in [5.41, 5.74) is 0.196. The first-order valence-electron chi connectivity index (χ1n) is 6.38. The molecular weight excluding hydrogens is 258 g/mol. The standard InChI is InChI=1S/C14H17N3O3/c1-10(5-6-11-4-3-7-20-11)17-13-9-15-12(8-16-13)14(18)19-2/h3-4,7-10H,5-6H2,1-2H3,(H,16,17). The van der Waals surface area contributed by atoms with Crippen LogP contribution in [-0.2, 0) is 11.2 Å². The summed E-state index contributed by atoms with van der Waals surface area (Å²) in [6.45, 7) is 2.05. The average molecular weight is 275 g/mol. The van der Waals surface area contributed by atoms with Gasteiger partial charge in [0.2, 0.25) is 0 Å². The van der Waals surface area contributed by atoms with E-state index in [1.54, 1.807) is 6.26 Å². The first kappa shape index (κ1) is 14.0. The third kappa shape index (κ3) is 3.81. The van der Waals surface area contributed by atoms with Crippen LogP contribution >= 0.6 is 0 Å². The number of nitrogens with one attached hydrogen (secondary N) is 1. The molecule has 2 aromatic rings. The van der Waals surface area contributed by atoms with Crippen molar-refractivity contribution in [1.29, 1.82) is 0 Å². The lowest BCUT2D eigenvalue weighted by molar-refractivity contribution is 0.0593. The normalized spacial score (nSPS) is 11.9. The molecular formula is C14H17N3O3. The SMILES string of the molecule is COC(=O)c1cnc(NC(C)CCc2ccco2)cn1. The highest BCUT2D eigenvalue weighted by Crippen LogP contribution is 2.10. The fourth-order valence-electron chi connectivity index (χ4n) is 1.75. The van der Waals surface area contributed by atoms with Crippen LogP contribution in [-0.4, -0.2) is 29.1 Å². The van der Waals surface area contributed by atoms with Gasteiger partial charge in [-0.3, -0.25) is 0 Å². The molecule has 0 aromatic carbocycles. The third-order valence-corrected chi connectivity index (χ3v) is 2.84. The Morgan fingerprint density at radius 2 is 2.30 bits per heavy atom. The molecule has 0 radical (unpaired) electrons. The minimum Gasteiger partial charge on any atom is -0.469 e. The van der Waals surface area contributed by atoms with Gasteiger partial charge in [-0.1, -0.05) is 0 Å². The molecule has 1 unspecified atom stereocenters. The van der Waals surface area contributed by atoms with Gasteiger partial charge in [0.25, 0.3) is 0 Å². The first-order chi connectivity index (χ1) is 9.69. The molecule has 0 saturated heterocycles. The third-order valence-electron chi connectivity index (χ3n) is 2.84. The number of nitrogens with zero attached hydrogens (tertiary/aromatic N) is 2. The minimum absolute atomic E-state index is 0.196. The molecule has 0 aliphatic heterocycles. The van der Waals surface area contributed by atoms with Gasteiger partial charge in [-0.15, -0.1) is 0 Å². The lowest BCUT2D eigenvalue weighted by atomic mass is 10.1.